The van der Waals surface area contributed by atoms with Crippen molar-refractivity contribution >= 4 is 11.9 Å². The Morgan fingerprint density at radius 2 is 1.89 bits per heavy atom. The molecule has 1 atom stereocenters. The second kappa shape index (κ2) is 6.21. The topological polar surface area (TPSA) is 55.4 Å². The lowest BCUT2D eigenvalue weighted by atomic mass is 10.1. The fourth-order valence-corrected chi connectivity index (χ4v) is 2.40. The van der Waals surface area contributed by atoms with Crippen molar-refractivity contribution in [2.75, 3.05) is 6.61 Å². The van der Waals surface area contributed by atoms with Gasteiger partial charge in [-0.3, -0.25) is 9.59 Å². The van der Waals surface area contributed by atoms with E-state index in [2.05, 4.69) is 5.32 Å². The van der Waals surface area contributed by atoms with Gasteiger partial charge in [-0.1, -0.05) is 12.8 Å². The van der Waals surface area contributed by atoms with Gasteiger partial charge < -0.3 is 10.1 Å². The lowest BCUT2D eigenvalue weighted by Crippen LogP contribution is -2.38. The zero-order chi connectivity index (χ0) is 13.0. The Hall–Kier alpha value is -1.06. The molecule has 0 aromatic carbocycles. The summed E-state index contributed by atoms with van der Waals surface area (Å²) in [6, 6.07) is -0.121. The molecular weight excluding hydrogens is 230 g/mol. The summed E-state index contributed by atoms with van der Waals surface area (Å²) in [5.74, 6) is 0.670. The van der Waals surface area contributed by atoms with Gasteiger partial charge >= 0.3 is 5.97 Å². The first kappa shape index (κ1) is 13.4. The molecule has 0 bridgehead atoms. The molecule has 0 saturated heterocycles. The van der Waals surface area contributed by atoms with Crippen molar-refractivity contribution in [3.05, 3.63) is 0 Å². The Balaban J connectivity index is 1.61. The molecule has 1 N–H and O–H groups in total. The van der Waals surface area contributed by atoms with Crippen LogP contribution in [0.4, 0.5) is 0 Å². The first-order valence-corrected chi connectivity index (χ1v) is 7.11. The zero-order valence-corrected chi connectivity index (χ0v) is 11.1. The SMILES string of the molecule is C[C@H](CC(=O)OCC1CC1)NC(=O)C1CCCC1. The number of carbonyl (C=O) groups excluding carboxylic acids is 2. The summed E-state index contributed by atoms with van der Waals surface area (Å²) in [5.41, 5.74) is 0. The molecule has 2 fully saturated rings. The summed E-state index contributed by atoms with van der Waals surface area (Å²) >= 11 is 0. The third-order valence-electron chi connectivity index (χ3n) is 3.76. The largest absolute Gasteiger partial charge is 0.465 e. The monoisotopic (exact) mass is 253 g/mol. The minimum absolute atomic E-state index is 0.106. The third-order valence-corrected chi connectivity index (χ3v) is 3.76. The number of esters is 1. The summed E-state index contributed by atoms with van der Waals surface area (Å²) in [7, 11) is 0. The Bertz CT molecular complexity index is 306. The minimum atomic E-state index is -0.193. The van der Waals surface area contributed by atoms with Crippen LogP contribution in [-0.4, -0.2) is 24.5 Å². The van der Waals surface area contributed by atoms with Crippen molar-refractivity contribution in [2.45, 2.75) is 57.9 Å². The molecule has 2 aliphatic rings. The lowest BCUT2D eigenvalue weighted by molar-refractivity contribution is -0.144. The third kappa shape index (κ3) is 4.31. The zero-order valence-electron chi connectivity index (χ0n) is 11.1. The molecule has 0 heterocycles. The summed E-state index contributed by atoms with van der Waals surface area (Å²) in [5, 5.41) is 2.92. The Morgan fingerprint density at radius 1 is 1.22 bits per heavy atom. The van der Waals surface area contributed by atoms with E-state index in [1.54, 1.807) is 0 Å². The molecule has 0 aliphatic heterocycles. The van der Waals surface area contributed by atoms with Crippen LogP contribution < -0.4 is 5.32 Å². The van der Waals surface area contributed by atoms with Crippen LogP contribution in [0.2, 0.25) is 0 Å². The molecule has 2 rings (SSSR count). The predicted molar refractivity (Wildman–Crippen MR) is 67.9 cm³/mol. The Kier molecular flexibility index (Phi) is 4.61. The Labute approximate surface area is 108 Å². The summed E-state index contributed by atoms with van der Waals surface area (Å²) in [6.45, 7) is 2.42. The Morgan fingerprint density at radius 3 is 2.50 bits per heavy atom. The highest BCUT2D eigenvalue weighted by atomic mass is 16.5. The van der Waals surface area contributed by atoms with Gasteiger partial charge in [-0.25, -0.2) is 0 Å². The molecule has 0 aromatic rings. The smallest absolute Gasteiger partial charge is 0.307 e. The summed E-state index contributed by atoms with van der Waals surface area (Å²) in [6.07, 6.45) is 6.93. The maximum Gasteiger partial charge on any atom is 0.307 e. The average molecular weight is 253 g/mol. The lowest BCUT2D eigenvalue weighted by Gasteiger charge is -2.16. The summed E-state index contributed by atoms with van der Waals surface area (Å²) in [4.78, 5) is 23.4. The maximum atomic E-state index is 11.9. The molecule has 2 aliphatic carbocycles. The van der Waals surface area contributed by atoms with E-state index < -0.39 is 0 Å². The quantitative estimate of drug-likeness (QED) is 0.737. The van der Waals surface area contributed by atoms with Crippen LogP contribution in [0.25, 0.3) is 0 Å². The number of rotatable bonds is 6. The first-order chi connectivity index (χ1) is 8.65. The van der Waals surface area contributed by atoms with Crippen molar-refractivity contribution in [1.82, 2.24) is 5.32 Å². The number of hydrogen-bond donors (Lipinski definition) is 1. The molecule has 4 heteroatoms. The van der Waals surface area contributed by atoms with E-state index in [4.69, 9.17) is 4.74 Å². The van der Waals surface area contributed by atoms with Gasteiger partial charge in [0.05, 0.1) is 13.0 Å². The van der Waals surface area contributed by atoms with Crippen LogP contribution >= 0.6 is 0 Å². The van der Waals surface area contributed by atoms with Crippen molar-refractivity contribution in [3.63, 3.8) is 0 Å². The standard InChI is InChI=1S/C14H23NO3/c1-10(8-13(16)18-9-11-6-7-11)15-14(17)12-4-2-3-5-12/h10-12H,2-9H2,1H3,(H,15,17)/t10-/m1/s1. The van der Waals surface area contributed by atoms with Crippen molar-refractivity contribution in [1.29, 1.82) is 0 Å². The molecule has 18 heavy (non-hydrogen) atoms. The van der Waals surface area contributed by atoms with Crippen molar-refractivity contribution < 1.29 is 14.3 Å². The van der Waals surface area contributed by atoms with Crippen LogP contribution in [0.5, 0.6) is 0 Å². The van der Waals surface area contributed by atoms with Gasteiger partial charge in [0.2, 0.25) is 5.91 Å². The summed E-state index contributed by atoms with van der Waals surface area (Å²) < 4.78 is 5.15. The molecule has 0 spiro atoms. The molecule has 0 aromatic heterocycles. The molecule has 1 amide bonds. The van der Waals surface area contributed by atoms with E-state index in [1.807, 2.05) is 6.92 Å². The molecule has 102 valence electrons. The number of amides is 1. The van der Waals surface area contributed by atoms with Crippen LogP contribution in [0.1, 0.15) is 51.9 Å². The van der Waals surface area contributed by atoms with Gasteiger partial charge in [-0.15, -0.1) is 0 Å². The number of nitrogens with one attached hydrogen (secondary N) is 1. The highest BCUT2D eigenvalue weighted by Gasteiger charge is 2.25. The van der Waals surface area contributed by atoms with Crippen molar-refractivity contribution in [2.24, 2.45) is 11.8 Å². The van der Waals surface area contributed by atoms with Gasteiger partial charge in [0, 0.05) is 12.0 Å². The average Bonchev–Trinajstić information content (AvgIpc) is 2.98. The van der Waals surface area contributed by atoms with E-state index in [0.717, 1.165) is 25.7 Å². The van der Waals surface area contributed by atoms with Gasteiger partial charge in [-0.2, -0.15) is 0 Å². The number of hydrogen-bond acceptors (Lipinski definition) is 3. The maximum absolute atomic E-state index is 11.9. The fraction of sp³-hybridized carbons (Fsp3) is 0.857. The van der Waals surface area contributed by atoms with Gasteiger partial charge in [0.15, 0.2) is 0 Å². The van der Waals surface area contributed by atoms with E-state index in [1.165, 1.54) is 12.8 Å². The van der Waals surface area contributed by atoms with Crippen LogP contribution in [0.15, 0.2) is 0 Å². The highest BCUT2D eigenvalue weighted by Crippen LogP contribution is 2.29. The van der Waals surface area contributed by atoms with E-state index in [9.17, 15) is 9.59 Å². The van der Waals surface area contributed by atoms with E-state index in [0.29, 0.717) is 12.5 Å². The molecular formula is C14H23NO3. The highest BCUT2D eigenvalue weighted by molar-refractivity contribution is 5.80. The van der Waals surface area contributed by atoms with Crippen LogP contribution in [0.3, 0.4) is 0 Å². The second-order valence-corrected chi connectivity index (χ2v) is 5.72. The normalized spacial score (nSPS) is 21.6. The fourth-order valence-electron chi connectivity index (χ4n) is 2.40. The van der Waals surface area contributed by atoms with Gasteiger partial charge in [0.1, 0.15) is 0 Å². The van der Waals surface area contributed by atoms with Crippen LogP contribution in [-0.2, 0) is 14.3 Å². The second-order valence-electron chi connectivity index (χ2n) is 5.72. The minimum Gasteiger partial charge on any atom is -0.465 e. The van der Waals surface area contributed by atoms with Crippen LogP contribution in [0, 0.1) is 11.8 Å². The first-order valence-electron chi connectivity index (χ1n) is 7.11. The number of ether oxygens (including phenoxy) is 1. The molecule has 4 nitrogen and oxygen atoms in total. The molecule has 2 saturated carbocycles. The molecule has 0 radical (unpaired) electrons. The van der Waals surface area contributed by atoms with Crippen molar-refractivity contribution in [3.8, 4) is 0 Å². The van der Waals surface area contributed by atoms with E-state index >= 15 is 0 Å². The number of carbonyl (C=O) groups is 2. The van der Waals surface area contributed by atoms with Gasteiger partial charge in [0.25, 0.3) is 0 Å². The predicted octanol–water partition coefficient (Wildman–Crippen LogP) is 2.02. The van der Waals surface area contributed by atoms with E-state index in [-0.39, 0.29) is 30.3 Å². The molecule has 0 unspecified atom stereocenters. The van der Waals surface area contributed by atoms with Gasteiger partial charge in [-0.05, 0) is 38.5 Å².